The second kappa shape index (κ2) is 8.59. The van der Waals surface area contributed by atoms with Gasteiger partial charge in [0.25, 0.3) is 0 Å². The third-order valence-electron chi connectivity index (χ3n) is 2.91. The first-order valence-electron chi connectivity index (χ1n) is 7.30. The molecule has 0 aliphatic heterocycles. The van der Waals surface area contributed by atoms with Gasteiger partial charge in [0.1, 0.15) is 6.33 Å². The van der Waals surface area contributed by atoms with Crippen LogP contribution in [0.1, 0.15) is 20.8 Å². The minimum atomic E-state index is -0.462. The number of ether oxygens (including phenoxy) is 2. The molecule has 0 saturated heterocycles. The van der Waals surface area contributed by atoms with Crippen LogP contribution in [0.4, 0.5) is 17.3 Å². The number of aromatic nitrogens is 2. The van der Waals surface area contributed by atoms with E-state index in [0.29, 0.717) is 26.3 Å². The van der Waals surface area contributed by atoms with E-state index < -0.39 is 4.92 Å². The van der Waals surface area contributed by atoms with Crippen molar-refractivity contribution in [1.82, 2.24) is 9.97 Å². The number of nitrogens with one attached hydrogen (secondary N) is 1. The highest BCUT2D eigenvalue weighted by molar-refractivity contribution is 5.70. The number of rotatable bonds is 9. The van der Waals surface area contributed by atoms with Gasteiger partial charge in [0.15, 0.2) is 0 Å². The van der Waals surface area contributed by atoms with Crippen molar-refractivity contribution in [3.8, 4) is 0 Å². The van der Waals surface area contributed by atoms with Crippen LogP contribution in [0.25, 0.3) is 0 Å². The molecule has 0 atom stereocenters. The lowest BCUT2D eigenvalue weighted by atomic mass is 10.1. The van der Waals surface area contributed by atoms with Crippen molar-refractivity contribution >= 4 is 17.3 Å². The van der Waals surface area contributed by atoms with E-state index in [2.05, 4.69) is 15.3 Å². The van der Waals surface area contributed by atoms with E-state index >= 15 is 0 Å². The zero-order valence-electron chi connectivity index (χ0n) is 14.3. The largest absolute Gasteiger partial charge is 0.383 e. The van der Waals surface area contributed by atoms with E-state index in [0.717, 1.165) is 0 Å². The summed E-state index contributed by atoms with van der Waals surface area (Å²) >= 11 is 0. The summed E-state index contributed by atoms with van der Waals surface area (Å²) in [5.41, 5.74) is -0.505. The van der Waals surface area contributed by atoms with Crippen molar-refractivity contribution in [2.75, 3.05) is 50.7 Å². The predicted molar refractivity (Wildman–Crippen MR) is 88.0 cm³/mol. The Hall–Kier alpha value is -2.00. The normalized spacial score (nSPS) is 11.3. The van der Waals surface area contributed by atoms with Gasteiger partial charge in [-0.3, -0.25) is 10.1 Å². The maximum absolute atomic E-state index is 11.6. The average Bonchev–Trinajstić information content (AvgIpc) is 2.45. The monoisotopic (exact) mass is 327 g/mol. The Balaban J connectivity index is 3.24. The first kappa shape index (κ1) is 19.0. The van der Waals surface area contributed by atoms with Crippen LogP contribution >= 0.6 is 0 Å². The lowest BCUT2D eigenvalue weighted by Crippen LogP contribution is -2.33. The molecule has 0 radical (unpaired) electrons. The number of anilines is 2. The highest BCUT2D eigenvalue weighted by Gasteiger charge is 2.28. The van der Waals surface area contributed by atoms with Crippen LogP contribution < -0.4 is 10.2 Å². The van der Waals surface area contributed by atoms with Gasteiger partial charge in [-0.25, -0.2) is 9.97 Å². The molecule has 1 heterocycles. The van der Waals surface area contributed by atoms with Gasteiger partial charge >= 0.3 is 5.69 Å². The van der Waals surface area contributed by atoms with Crippen LogP contribution in [0, 0.1) is 10.1 Å². The van der Waals surface area contributed by atoms with E-state index in [1.165, 1.54) is 6.33 Å². The Labute approximate surface area is 136 Å². The molecule has 9 nitrogen and oxygen atoms in total. The van der Waals surface area contributed by atoms with Gasteiger partial charge in [0, 0.05) is 32.8 Å². The molecule has 0 spiro atoms. The molecule has 0 bridgehead atoms. The minimum Gasteiger partial charge on any atom is -0.383 e. The average molecular weight is 327 g/mol. The molecule has 1 rings (SSSR count). The number of hydrogen-bond acceptors (Lipinski definition) is 8. The summed E-state index contributed by atoms with van der Waals surface area (Å²) in [6, 6.07) is 0. The van der Waals surface area contributed by atoms with Gasteiger partial charge < -0.3 is 19.7 Å². The van der Waals surface area contributed by atoms with Gasteiger partial charge in [-0.15, -0.1) is 0 Å². The fourth-order valence-electron chi connectivity index (χ4n) is 1.94. The van der Waals surface area contributed by atoms with E-state index in [4.69, 9.17) is 9.47 Å². The molecule has 0 amide bonds. The second-order valence-corrected chi connectivity index (χ2v) is 6.00. The van der Waals surface area contributed by atoms with Gasteiger partial charge in [-0.1, -0.05) is 0 Å². The quantitative estimate of drug-likeness (QED) is 0.540. The van der Waals surface area contributed by atoms with Crippen LogP contribution in [-0.2, 0) is 9.47 Å². The third-order valence-corrected chi connectivity index (χ3v) is 2.91. The maximum Gasteiger partial charge on any atom is 0.353 e. The van der Waals surface area contributed by atoms with Gasteiger partial charge in [0.05, 0.1) is 18.1 Å². The van der Waals surface area contributed by atoms with Gasteiger partial charge in [-0.05, 0) is 20.8 Å². The number of methoxy groups -OCH3 is 2. The number of nitrogens with zero attached hydrogens (tertiary/aromatic N) is 4. The van der Waals surface area contributed by atoms with E-state index in [1.54, 1.807) is 19.1 Å². The zero-order valence-corrected chi connectivity index (χ0v) is 14.3. The summed E-state index contributed by atoms with van der Waals surface area (Å²) in [5.74, 6) is 0.457. The van der Waals surface area contributed by atoms with Crippen molar-refractivity contribution < 1.29 is 14.4 Å². The topological polar surface area (TPSA) is 103 Å². The molecule has 9 heteroatoms. The molecule has 0 aromatic carbocycles. The van der Waals surface area contributed by atoms with Crippen LogP contribution in [0.2, 0.25) is 0 Å². The summed E-state index contributed by atoms with van der Waals surface area (Å²) in [7, 11) is 3.16. The smallest absolute Gasteiger partial charge is 0.353 e. The molecule has 0 aliphatic carbocycles. The van der Waals surface area contributed by atoms with E-state index in [1.807, 2.05) is 20.8 Å². The van der Waals surface area contributed by atoms with Crippen molar-refractivity contribution in [1.29, 1.82) is 0 Å². The summed E-state index contributed by atoms with van der Waals surface area (Å²) < 4.78 is 10.1. The first-order valence-corrected chi connectivity index (χ1v) is 7.30. The molecule has 0 saturated carbocycles. The Morgan fingerprint density at radius 1 is 1.22 bits per heavy atom. The molecule has 130 valence electrons. The van der Waals surface area contributed by atoms with E-state index in [9.17, 15) is 10.1 Å². The van der Waals surface area contributed by atoms with Crippen molar-refractivity contribution in [2.45, 2.75) is 26.3 Å². The van der Waals surface area contributed by atoms with Crippen LogP contribution in [0.5, 0.6) is 0 Å². The fraction of sp³-hybridized carbons (Fsp3) is 0.714. The van der Waals surface area contributed by atoms with Crippen molar-refractivity contribution in [2.24, 2.45) is 0 Å². The highest BCUT2D eigenvalue weighted by atomic mass is 16.6. The maximum atomic E-state index is 11.6. The third kappa shape index (κ3) is 5.95. The lowest BCUT2D eigenvalue weighted by molar-refractivity contribution is -0.383. The molecule has 23 heavy (non-hydrogen) atoms. The second-order valence-electron chi connectivity index (χ2n) is 6.00. The molecular weight excluding hydrogens is 302 g/mol. The SMILES string of the molecule is COCCN(CCOC)c1ncnc(NC(C)(C)C)c1[N+](=O)[O-]. The summed E-state index contributed by atoms with van der Waals surface area (Å²) in [4.78, 5) is 21.0. The molecule has 0 fully saturated rings. The summed E-state index contributed by atoms with van der Waals surface area (Å²) in [6.07, 6.45) is 1.32. The Morgan fingerprint density at radius 3 is 2.22 bits per heavy atom. The van der Waals surface area contributed by atoms with Crippen LogP contribution in [0.15, 0.2) is 6.33 Å². The molecule has 1 N–H and O–H groups in total. The first-order chi connectivity index (χ1) is 10.8. The van der Waals surface area contributed by atoms with Crippen LogP contribution in [-0.4, -0.2) is 61.0 Å². The predicted octanol–water partition coefficient (Wildman–Crippen LogP) is 1.69. The Morgan fingerprint density at radius 2 is 1.78 bits per heavy atom. The van der Waals surface area contributed by atoms with Crippen molar-refractivity contribution in [3.63, 3.8) is 0 Å². The molecule has 1 aromatic rings. The van der Waals surface area contributed by atoms with Gasteiger partial charge in [-0.2, -0.15) is 0 Å². The zero-order chi connectivity index (χ0) is 17.5. The van der Waals surface area contributed by atoms with Crippen molar-refractivity contribution in [3.05, 3.63) is 16.4 Å². The van der Waals surface area contributed by atoms with Gasteiger partial charge in [0.2, 0.25) is 11.6 Å². The molecule has 0 aliphatic rings. The molecular formula is C14H25N5O4. The summed E-state index contributed by atoms with van der Waals surface area (Å²) in [5, 5.41) is 14.6. The van der Waals surface area contributed by atoms with Crippen LogP contribution in [0.3, 0.4) is 0 Å². The standard InChI is InChI=1S/C14H25N5O4/c1-14(2,3)17-12-11(19(20)21)13(16-10-15-12)18(6-8-22-4)7-9-23-5/h10H,6-9H2,1-5H3,(H,15,16,17). The fourth-order valence-corrected chi connectivity index (χ4v) is 1.94. The Bertz CT molecular complexity index is 510. The Kier molecular flexibility index (Phi) is 7.11. The summed E-state index contributed by atoms with van der Waals surface area (Å²) in [6.45, 7) is 7.50. The number of nitro groups is 1. The lowest BCUT2D eigenvalue weighted by Gasteiger charge is -2.25. The molecule has 1 aromatic heterocycles. The highest BCUT2D eigenvalue weighted by Crippen LogP contribution is 2.33. The van der Waals surface area contributed by atoms with E-state index in [-0.39, 0.29) is 22.9 Å². The number of hydrogen-bond donors (Lipinski definition) is 1. The minimum absolute atomic E-state index is 0.144. The molecule has 0 unspecified atom stereocenters.